The van der Waals surface area contributed by atoms with E-state index in [1.165, 1.54) is 0 Å². The number of benzene rings is 1. The number of anilines is 1. The molecule has 1 aliphatic rings. The summed E-state index contributed by atoms with van der Waals surface area (Å²) in [6.45, 7) is 0.639. The van der Waals surface area contributed by atoms with Crippen LogP contribution in [-0.2, 0) is 4.79 Å². The number of phenolic OH excluding ortho intramolecular Hbond substituents is 1. The topological polar surface area (TPSA) is 78.6 Å². The van der Waals surface area contributed by atoms with Crippen molar-refractivity contribution >= 4 is 23.4 Å². The van der Waals surface area contributed by atoms with Crippen LogP contribution in [0.4, 0.5) is 5.69 Å². The van der Waals surface area contributed by atoms with Gasteiger partial charge in [-0.05, 0) is 24.6 Å². The Morgan fingerprint density at radius 1 is 1.61 bits per heavy atom. The third-order valence-corrected chi connectivity index (χ3v) is 4.32. The molecule has 1 amide bonds. The van der Waals surface area contributed by atoms with Crippen molar-refractivity contribution in [2.24, 2.45) is 5.73 Å². The van der Waals surface area contributed by atoms with E-state index in [1.807, 2.05) is 13.1 Å². The summed E-state index contributed by atoms with van der Waals surface area (Å²) in [6.07, 6.45) is 0.836. The Hall–Kier alpha value is -1.40. The zero-order valence-electron chi connectivity index (χ0n) is 10.2. The highest BCUT2D eigenvalue weighted by Crippen LogP contribution is 2.44. The second-order valence-corrected chi connectivity index (χ2v) is 5.40. The predicted octanol–water partition coefficient (Wildman–Crippen LogP) is 0.725. The maximum Gasteiger partial charge on any atom is 0.233 e. The van der Waals surface area contributed by atoms with E-state index in [2.05, 4.69) is 10.2 Å². The number of nitrogens with zero attached hydrogens (tertiary/aromatic N) is 1. The molecule has 98 valence electrons. The molecule has 1 unspecified atom stereocenters. The number of carbonyl (C=O) groups excluding carboxylic acids is 1. The van der Waals surface area contributed by atoms with Crippen molar-refractivity contribution in [1.29, 1.82) is 0 Å². The number of aromatic hydroxyl groups is 1. The van der Waals surface area contributed by atoms with Gasteiger partial charge in [-0.3, -0.25) is 4.79 Å². The summed E-state index contributed by atoms with van der Waals surface area (Å²) in [5.74, 6) is 0.155. The summed E-state index contributed by atoms with van der Waals surface area (Å²) >= 11 is 1.70. The first-order chi connectivity index (χ1) is 8.61. The van der Waals surface area contributed by atoms with Crippen molar-refractivity contribution in [2.45, 2.75) is 16.7 Å². The Balaban J connectivity index is 1.92. The molecule has 0 radical (unpaired) electrons. The van der Waals surface area contributed by atoms with Gasteiger partial charge in [-0.15, -0.1) is 0 Å². The van der Waals surface area contributed by atoms with Gasteiger partial charge in [0.1, 0.15) is 5.75 Å². The van der Waals surface area contributed by atoms with E-state index < -0.39 is 0 Å². The minimum atomic E-state index is -0.129. The molecule has 2 rings (SSSR count). The number of hydrogen-bond donors (Lipinski definition) is 3. The van der Waals surface area contributed by atoms with Gasteiger partial charge in [0.05, 0.1) is 17.6 Å². The third kappa shape index (κ3) is 2.70. The highest BCUT2D eigenvalue weighted by Gasteiger charge is 2.27. The molecular weight excluding hydrogens is 250 g/mol. The standard InChI is InChI=1S/C12H17N3O2S/c1-15-9-3-2-8(16)6-10(9)18-12(15)4-5-14-11(17)7-13/h2-3,6,12,16H,4-5,7,13H2,1H3,(H,14,17). The quantitative estimate of drug-likeness (QED) is 0.749. The zero-order chi connectivity index (χ0) is 13.1. The maximum atomic E-state index is 11.0. The second kappa shape index (κ2) is 5.49. The summed E-state index contributed by atoms with van der Waals surface area (Å²) < 4.78 is 0. The Kier molecular flexibility index (Phi) is 3.98. The highest BCUT2D eigenvalue weighted by atomic mass is 32.2. The zero-order valence-corrected chi connectivity index (χ0v) is 11.0. The lowest BCUT2D eigenvalue weighted by Gasteiger charge is -2.21. The summed E-state index contributed by atoms with van der Waals surface area (Å²) in [4.78, 5) is 14.3. The molecule has 1 aliphatic heterocycles. The Morgan fingerprint density at radius 2 is 2.39 bits per heavy atom. The van der Waals surface area contributed by atoms with Crippen LogP contribution in [0.2, 0.25) is 0 Å². The minimum absolute atomic E-state index is 0.0295. The second-order valence-electron chi connectivity index (χ2n) is 4.18. The van der Waals surface area contributed by atoms with Crippen molar-refractivity contribution < 1.29 is 9.90 Å². The van der Waals surface area contributed by atoms with Crippen LogP contribution >= 0.6 is 11.8 Å². The van der Waals surface area contributed by atoms with Gasteiger partial charge in [-0.25, -0.2) is 0 Å². The van der Waals surface area contributed by atoms with Crippen LogP contribution in [0.5, 0.6) is 5.75 Å². The Bertz CT molecular complexity index is 453. The molecule has 0 aliphatic carbocycles. The molecular formula is C12H17N3O2S. The largest absolute Gasteiger partial charge is 0.508 e. The molecule has 1 aromatic carbocycles. The van der Waals surface area contributed by atoms with Gasteiger partial charge < -0.3 is 21.1 Å². The molecule has 1 atom stereocenters. The summed E-state index contributed by atoms with van der Waals surface area (Å²) in [6, 6.07) is 5.37. The van der Waals surface area contributed by atoms with E-state index >= 15 is 0 Å². The first-order valence-corrected chi connectivity index (χ1v) is 6.69. The van der Waals surface area contributed by atoms with E-state index in [4.69, 9.17) is 5.73 Å². The minimum Gasteiger partial charge on any atom is -0.508 e. The van der Waals surface area contributed by atoms with Gasteiger partial charge in [0.15, 0.2) is 0 Å². The molecule has 0 fully saturated rings. The Labute approximate surface area is 110 Å². The van der Waals surface area contributed by atoms with Crippen molar-refractivity contribution in [3.63, 3.8) is 0 Å². The molecule has 0 bridgehead atoms. The van der Waals surface area contributed by atoms with Crippen LogP contribution in [0.15, 0.2) is 23.1 Å². The third-order valence-electron chi connectivity index (χ3n) is 2.92. The van der Waals surface area contributed by atoms with Crippen LogP contribution in [0, 0.1) is 0 Å². The van der Waals surface area contributed by atoms with Gasteiger partial charge in [0.25, 0.3) is 0 Å². The highest BCUT2D eigenvalue weighted by molar-refractivity contribution is 8.00. The number of carbonyl (C=O) groups is 1. The number of thioether (sulfide) groups is 1. The number of hydrogen-bond acceptors (Lipinski definition) is 5. The SMILES string of the molecule is CN1c2ccc(O)cc2SC1CCNC(=O)CN. The van der Waals surface area contributed by atoms with Gasteiger partial charge in [-0.2, -0.15) is 0 Å². The fourth-order valence-corrected chi connectivity index (χ4v) is 3.25. The number of rotatable bonds is 4. The molecule has 1 heterocycles. The molecule has 6 heteroatoms. The maximum absolute atomic E-state index is 11.0. The summed E-state index contributed by atoms with van der Waals surface area (Å²) in [5.41, 5.74) is 6.34. The fraction of sp³-hybridized carbons (Fsp3) is 0.417. The van der Waals surface area contributed by atoms with E-state index in [0.29, 0.717) is 6.54 Å². The van der Waals surface area contributed by atoms with E-state index in [-0.39, 0.29) is 23.6 Å². The number of nitrogens with one attached hydrogen (secondary N) is 1. The van der Waals surface area contributed by atoms with Gasteiger partial charge in [0.2, 0.25) is 5.91 Å². The number of phenols is 1. The predicted molar refractivity (Wildman–Crippen MR) is 72.8 cm³/mol. The van der Waals surface area contributed by atoms with E-state index in [9.17, 15) is 9.90 Å². The molecule has 1 aromatic rings. The number of nitrogens with two attached hydrogens (primary N) is 1. The van der Waals surface area contributed by atoms with Gasteiger partial charge in [-0.1, -0.05) is 11.8 Å². The molecule has 0 saturated heterocycles. The summed E-state index contributed by atoms with van der Waals surface area (Å²) in [5, 5.41) is 12.5. The average Bonchev–Trinajstić information content (AvgIpc) is 2.65. The van der Waals surface area contributed by atoms with Crippen molar-refractivity contribution in [3.05, 3.63) is 18.2 Å². The monoisotopic (exact) mass is 267 g/mol. The van der Waals surface area contributed by atoms with Crippen LogP contribution in [0.3, 0.4) is 0 Å². The average molecular weight is 267 g/mol. The van der Waals surface area contributed by atoms with E-state index in [1.54, 1.807) is 23.9 Å². The molecule has 18 heavy (non-hydrogen) atoms. The van der Waals surface area contributed by atoms with Gasteiger partial charge in [0, 0.05) is 18.5 Å². The van der Waals surface area contributed by atoms with Crippen molar-refractivity contribution in [2.75, 3.05) is 25.0 Å². The van der Waals surface area contributed by atoms with Crippen LogP contribution in [0.25, 0.3) is 0 Å². The lowest BCUT2D eigenvalue weighted by Crippen LogP contribution is -2.34. The molecule has 5 nitrogen and oxygen atoms in total. The molecule has 4 N–H and O–H groups in total. The molecule has 0 spiro atoms. The Morgan fingerprint density at radius 3 is 3.11 bits per heavy atom. The smallest absolute Gasteiger partial charge is 0.233 e. The molecule has 0 aromatic heterocycles. The lowest BCUT2D eigenvalue weighted by molar-refractivity contribution is -0.119. The van der Waals surface area contributed by atoms with Gasteiger partial charge >= 0.3 is 0 Å². The lowest BCUT2D eigenvalue weighted by atomic mass is 10.2. The van der Waals surface area contributed by atoms with Crippen molar-refractivity contribution in [1.82, 2.24) is 5.32 Å². The van der Waals surface area contributed by atoms with Crippen LogP contribution < -0.4 is 16.0 Å². The normalized spacial score (nSPS) is 17.7. The first kappa shape index (κ1) is 13.0. The van der Waals surface area contributed by atoms with Crippen molar-refractivity contribution in [3.8, 4) is 5.75 Å². The van der Waals surface area contributed by atoms with Crippen LogP contribution in [0.1, 0.15) is 6.42 Å². The fourth-order valence-electron chi connectivity index (χ4n) is 1.93. The number of fused-ring (bicyclic) bond motifs is 1. The molecule has 0 saturated carbocycles. The first-order valence-electron chi connectivity index (χ1n) is 5.81. The number of amides is 1. The van der Waals surface area contributed by atoms with Crippen LogP contribution in [-0.4, -0.2) is 36.5 Å². The summed E-state index contributed by atoms with van der Waals surface area (Å²) in [7, 11) is 2.02. The van der Waals surface area contributed by atoms with E-state index in [0.717, 1.165) is 17.0 Å².